The van der Waals surface area contributed by atoms with E-state index in [1.807, 2.05) is 74.4 Å². The van der Waals surface area contributed by atoms with Gasteiger partial charge in [-0.1, -0.05) is 27.2 Å². The minimum atomic E-state index is -0.516. The first-order valence-electron chi connectivity index (χ1n) is 21.1. The topological polar surface area (TPSA) is 155 Å². The molecule has 1 saturated heterocycles. The quantitative estimate of drug-likeness (QED) is 0.0836. The van der Waals surface area contributed by atoms with E-state index in [1.54, 1.807) is 13.8 Å². The molecule has 13 nitrogen and oxygen atoms in total. The Bertz CT molecular complexity index is 1020. The van der Waals surface area contributed by atoms with Gasteiger partial charge in [0.2, 0.25) is 0 Å². The van der Waals surface area contributed by atoms with E-state index in [1.165, 1.54) is 12.8 Å². The van der Waals surface area contributed by atoms with E-state index >= 15 is 0 Å². The second-order valence-corrected chi connectivity index (χ2v) is 16.6. The second-order valence-electron chi connectivity index (χ2n) is 16.6. The van der Waals surface area contributed by atoms with Gasteiger partial charge in [0, 0.05) is 39.1 Å². The van der Waals surface area contributed by atoms with Crippen LogP contribution in [0.5, 0.6) is 0 Å². The number of aliphatic hydroxyl groups excluding tert-OH is 1. The van der Waals surface area contributed by atoms with Crippen molar-refractivity contribution in [2.45, 2.75) is 164 Å². The Balaban J connectivity index is -0.000000866. The Morgan fingerprint density at radius 3 is 1.39 bits per heavy atom. The van der Waals surface area contributed by atoms with Crippen molar-refractivity contribution in [3.05, 3.63) is 0 Å². The molecular weight excluding hydrogens is 716 g/mol. The minimum Gasteiger partial charge on any atom is -0.460 e. The van der Waals surface area contributed by atoms with Gasteiger partial charge in [-0.3, -0.25) is 39.1 Å². The van der Waals surface area contributed by atoms with Crippen molar-refractivity contribution in [3.63, 3.8) is 0 Å². The summed E-state index contributed by atoms with van der Waals surface area (Å²) < 4.78 is 15.2. The van der Waals surface area contributed by atoms with Crippen LogP contribution in [0.4, 0.5) is 0 Å². The maximum Gasteiger partial charge on any atom is 0.320 e. The Morgan fingerprint density at radius 1 is 0.643 bits per heavy atom. The molecule has 0 aromatic heterocycles. The Morgan fingerprint density at radius 2 is 1.05 bits per heavy atom. The predicted octanol–water partition coefficient (Wildman–Crippen LogP) is 5.87. The highest BCUT2D eigenvalue weighted by Crippen LogP contribution is 2.09. The van der Waals surface area contributed by atoms with Gasteiger partial charge in [0.25, 0.3) is 0 Å². The molecule has 0 aliphatic carbocycles. The van der Waals surface area contributed by atoms with Crippen LogP contribution in [0, 0.1) is 0 Å². The van der Waals surface area contributed by atoms with Crippen LogP contribution in [0.25, 0.3) is 0 Å². The summed E-state index contributed by atoms with van der Waals surface area (Å²) in [6.45, 7) is 25.5. The van der Waals surface area contributed by atoms with Crippen molar-refractivity contribution >= 4 is 29.3 Å². The van der Waals surface area contributed by atoms with Crippen molar-refractivity contribution in [3.8, 4) is 0 Å². The highest BCUT2D eigenvalue weighted by Gasteiger charge is 2.19. The van der Waals surface area contributed by atoms with Gasteiger partial charge in [-0.05, 0) is 147 Å². The number of aliphatic hydroxyl groups is 1. The summed E-state index contributed by atoms with van der Waals surface area (Å²) in [6, 6.07) is -0.302. The summed E-state index contributed by atoms with van der Waals surface area (Å²) in [4.78, 5) is 63.1. The lowest BCUT2D eigenvalue weighted by atomic mass is 10.1. The second kappa shape index (κ2) is 35.8. The molecule has 1 unspecified atom stereocenters. The van der Waals surface area contributed by atoms with Gasteiger partial charge in [0.05, 0.1) is 25.7 Å². The van der Waals surface area contributed by atoms with Gasteiger partial charge in [-0.25, -0.2) is 0 Å². The van der Waals surface area contributed by atoms with Crippen LogP contribution in [0.15, 0.2) is 0 Å². The molecule has 2 N–H and O–H groups in total. The minimum absolute atomic E-state index is 0.0533. The van der Waals surface area contributed by atoms with Crippen molar-refractivity contribution in [1.29, 1.82) is 0 Å². The fraction of sp³-hybridized carbons (Fsp3) is 0.884. The van der Waals surface area contributed by atoms with Crippen LogP contribution in [-0.2, 0) is 38.2 Å². The third kappa shape index (κ3) is 44.4. The summed E-state index contributed by atoms with van der Waals surface area (Å²) in [7, 11) is 6.05. The van der Waals surface area contributed by atoms with E-state index in [2.05, 4.69) is 22.2 Å². The largest absolute Gasteiger partial charge is 0.460 e. The highest BCUT2D eigenvalue weighted by atomic mass is 16.6. The fourth-order valence-electron chi connectivity index (χ4n) is 5.04. The number of ketones is 3. The Labute approximate surface area is 342 Å². The van der Waals surface area contributed by atoms with Gasteiger partial charge in [-0.2, -0.15) is 0 Å². The summed E-state index contributed by atoms with van der Waals surface area (Å²) in [5, 5.41) is 11.6. The van der Waals surface area contributed by atoms with Crippen LogP contribution < -0.4 is 5.32 Å². The zero-order chi connectivity index (χ0) is 43.6. The van der Waals surface area contributed by atoms with Crippen molar-refractivity contribution in [2.24, 2.45) is 0 Å². The van der Waals surface area contributed by atoms with E-state index in [-0.39, 0.29) is 48.3 Å². The molecule has 1 fully saturated rings. The third-order valence-electron chi connectivity index (χ3n) is 8.18. The molecule has 56 heavy (non-hydrogen) atoms. The lowest BCUT2D eigenvalue weighted by molar-refractivity contribution is -0.155. The lowest BCUT2D eigenvalue weighted by Crippen LogP contribution is -2.40. The van der Waals surface area contributed by atoms with Gasteiger partial charge in [0.15, 0.2) is 0 Å². The van der Waals surface area contributed by atoms with E-state index < -0.39 is 5.60 Å². The molecule has 1 atom stereocenters. The molecule has 1 rings (SSSR count). The molecule has 0 aromatic rings. The molecular formula is C43H86N4O9. The first-order chi connectivity index (χ1) is 26.1. The number of unbranched alkanes of at least 4 members (excludes halogenated alkanes) is 3. The summed E-state index contributed by atoms with van der Waals surface area (Å²) in [6.07, 6.45) is 10.9. The molecule has 0 amide bonds. The van der Waals surface area contributed by atoms with E-state index in [0.29, 0.717) is 38.1 Å². The number of Topliss-reactive ketones (excluding diaryl/α,β-unsaturated/α-hetero) is 3. The fourth-order valence-corrected chi connectivity index (χ4v) is 5.04. The average molecular weight is 803 g/mol. The SMILES string of the molecule is C1CCOC1.CCC(=O)CN(C)CCCCN(C)CCCCC(NCC(=O)OC(C)(C)C)C(C)=O.CCC(=O)CN(C)CCCCO.CCC(=O)OC(C)(C)C. The normalized spacial score (nSPS) is 13.2. The number of hydrogen-bond acceptors (Lipinski definition) is 13. The standard InChI is InChI=1S/C23H45N3O4.C9H19NO2.C7H14O2.C4H8O/c1-8-20(28)18-26(7)16-12-11-15-25(6)14-10-9-13-21(19(2)27)24-17-22(29)30-23(3,4)5;1-3-9(12)8-10(2)6-4-5-7-11;1-5-6(8)9-7(2,3)4;1-2-4-5-3-1/h21,24H,8-18H2,1-7H3;11H,3-8H2,1-2H3;5H2,1-4H3;1-4H2. The number of nitrogens with zero attached hydrogens (tertiary/aromatic N) is 3. The summed E-state index contributed by atoms with van der Waals surface area (Å²) in [5.41, 5.74) is -0.843. The number of esters is 2. The summed E-state index contributed by atoms with van der Waals surface area (Å²) >= 11 is 0. The monoisotopic (exact) mass is 803 g/mol. The van der Waals surface area contributed by atoms with Crippen LogP contribution in [0.1, 0.15) is 146 Å². The number of hydrogen-bond donors (Lipinski definition) is 2. The number of ether oxygens (including phenoxy) is 3. The van der Waals surface area contributed by atoms with Gasteiger partial charge >= 0.3 is 11.9 Å². The molecule has 0 spiro atoms. The maximum atomic E-state index is 11.8. The first-order valence-corrected chi connectivity index (χ1v) is 21.1. The molecule has 332 valence electrons. The summed E-state index contributed by atoms with van der Waals surface area (Å²) in [5.74, 6) is 0.152. The molecule has 0 saturated carbocycles. The van der Waals surface area contributed by atoms with Crippen molar-refractivity contribution in [2.75, 3.05) is 86.8 Å². The number of carbonyl (C=O) groups is 5. The zero-order valence-corrected chi connectivity index (χ0v) is 38.2. The molecule has 0 aromatic carbocycles. The van der Waals surface area contributed by atoms with Gasteiger partial charge < -0.3 is 24.2 Å². The molecule has 0 radical (unpaired) electrons. The molecule has 13 heteroatoms. The molecule has 0 bridgehead atoms. The zero-order valence-electron chi connectivity index (χ0n) is 38.2. The Kier molecular flexibility index (Phi) is 37.1. The van der Waals surface area contributed by atoms with Crippen molar-refractivity contribution in [1.82, 2.24) is 20.0 Å². The Hall–Kier alpha value is -2.29. The molecule has 1 heterocycles. The predicted molar refractivity (Wildman–Crippen MR) is 227 cm³/mol. The number of carbonyl (C=O) groups excluding carboxylic acids is 5. The van der Waals surface area contributed by atoms with Crippen LogP contribution in [-0.4, -0.2) is 153 Å². The van der Waals surface area contributed by atoms with E-state index in [4.69, 9.17) is 19.3 Å². The molecule has 1 aliphatic heterocycles. The highest BCUT2D eigenvalue weighted by molar-refractivity contribution is 5.82. The first kappa shape index (κ1) is 58.0. The lowest BCUT2D eigenvalue weighted by Gasteiger charge is -2.21. The third-order valence-corrected chi connectivity index (χ3v) is 8.18. The van der Waals surface area contributed by atoms with Crippen molar-refractivity contribution < 1.29 is 43.3 Å². The maximum absolute atomic E-state index is 11.8. The number of rotatable bonds is 25. The van der Waals surface area contributed by atoms with E-state index in [9.17, 15) is 24.0 Å². The van der Waals surface area contributed by atoms with E-state index in [0.717, 1.165) is 84.3 Å². The number of likely N-dealkylation sites (N-methyl/N-ethyl adjacent to an activating group) is 2. The molecule has 1 aliphatic rings. The smallest absolute Gasteiger partial charge is 0.320 e. The number of nitrogens with one attached hydrogen (secondary N) is 1. The van der Waals surface area contributed by atoms with Crippen LogP contribution >= 0.6 is 0 Å². The average Bonchev–Trinajstić information content (AvgIpc) is 3.69. The van der Waals surface area contributed by atoms with Gasteiger partial charge in [-0.15, -0.1) is 0 Å². The van der Waals surface area contributed by atoms with Crippen LogP contribution in [0.3, 0.4) is 0 Å². The van der Waals surface area contributed by atoms with Gasteiger partial charge in [0.1, 0.15) is 28.6 Å². The van der Waals surface area contributed by atoms with Crippen LogP contribution in [0.2, 0.25) is 0 Å².